The molecule has 0 bridgehead atoms. The zero-order chi connectivity index (χ0) is 19.1. The summed E-state index contributed by atoms with van der Waals surface area (Å²) in [5, 5.41) is 5.63. The van der Waals surface area contributed by atoms with E-state index < -0.39 is 6.10 Å². The van der Waals surface area contributed by atoms with Gasteiger partial charge in [-0.2, -0.15) is 0 Å². The molecule has 0 heterocycles. The summed E-state index contributed by atoms with van der Waals surface area (Å²) in [7, 11) is 0. The smallest absolute Gasteiger partial charge is 0.265 e. The van der Waals surface area contributed by atoms with Crippen molar-refractivity contribution < 1.29 is 14.3 Å². The number of rotatable bonds is 7. The highest BCUT2D eigenvalue weighted by Crippen LogP contribution is 2.21. The molecular weight excluding hydrogens is 328 g/mol. The first-order valence-corrected chi connectivity index (χ1v) is 8.87. The van der Waals surface area contributed by atoms with Crippen molar-refractivity contribution in [3.63, 3.8) is 0 Å². The van der Waals surface area contributed by atoms with Gasteiger partial charge in [-0.3, -0.25) is 9.59 Å². The number of aryl methyl sites for hydroxylation is 1. The molecule has 5 heteroatoms. The molecule has 2 aromatic carbocycles. The molecule has 1 atom stereocenters. The van der Waals surface area contributed by atoms with Crippen LogP contribution in [-0.2, 0) is 11.2 Å². The number of benzene rings is 2. The lowest BCUT2D eigenvalue weighted by atomic mass is 10.1. The second kappa shape index (κ2) is 9.04. The van der Waals surface area contributed by atoms with Crippen molar-refractivity contribution in [3.8, 4) is 5.75 Å². The van der Waals surface area contributed by atoms with Crippen LogP contribution >= 0.6 is 0 Å². The van der Waals surface area contributed by atoms with Gasteiger partial charge in [0.1, 0.15) is 5.75 Å². The van der Waals surface area contributed by atoms with Crippen LogP contribution in [0.25, 0.3) is 0 Å². The number of anilines is 1. The first-order chi connectivity index (χ1) is 12.4. The Morgan fingerprint density at radius 3 is 2.35 bits per heavy atom. The van der Waals surface area contributed by atoms with Gasteiger partial charge in [-0.05, 0) is 51.0 Å². The SMILES string of the molecule is CCc1ccccc1O[C@H](C)C(=O)Nc1ccccc1C(=O)NC(C)C. The van der Waals surface area contributed by atoms with E-state index in [0.29, 0.717) is 17.0 Å². The van der Waals surface area contributed by atoms with Crippen LogP contribution in [0.1, 0.15) is 43.6 Å². The van der Waals surface area contributed by atoms with Crippen molar-refractivity contribution in [2.75, 3.05) is 5.32 Å². The van der Waals surface area contributed by atoms with E-state index in [1.54, 1.807) is 31.2 Å². The summed E-state index contributed by atoms with van der Waals surface area (Å²) < 4.78 is 5.82. The maximum atomic E-state index is 12.5. The minimum absolute atomic E-state index is 0.0130. The van der Waals surface area contributed by atoms with Crippen molar-refractivity contribution in [1.82, 2.24) is 5.32 Å². The van der Waals surface area contributed by atoms with Gasteiger partial charge in [0.2, 0.25) is 0 Å². The average Bonchev–Trinajstić information content (AvgIpc) is 2.61. The molecule has 2 rings (SSSR count). The van der Waals surface area contributed by atoms with Crippen LogP contribution in [0, 0.1) is 0 Å². The lowest BCUT2D eigenvalue weighted by Gasteiger charge is -2.18. The highest BCUT2D eigenvalue weighted by atomic mass is 16.5. The van der Waals surface area contributed by atoms with Crippen molar-refractivity contribution >= 4 is 17.5 Å². The first kappa shape index (κ1) is 19.5. The zero-order valence-corrected chi connectivity index (χ0v) is 15.7. The van der Waals surface area contributed by atoms with Crippen molar-refractivity contribution in [2.24, 2.45) is 0 Å². The predicted octanol–water partition coefficient (Wildman–Crippen LogP) is 3.79. The third-order valence-electron chi connectivity index (χ3n) is 3.88. The fourth-order valence-electron chi connectivity index (χ4n) is 2.52. The maximum absolute atomic E-state index is 12.5. The van der Waals surface area contributed by atoms with Gasteiger partial charge in [-0.25, -0.2) is 0 Å². The van der Waals surface area contributed by atoms with E-state index in [9.17, 15) is 9.59 Å². The number of carbonyl (C=O) groups excluding carboxylic acids is 2. The van der Waals surface area contributed by atoms with Gasteiger partial charge in [-0.1, -0.05) is 37.3 Å². The summed E-state index contributed by atoms with van der Waals surface area (Å²) in [6.45, 7) is 7.51. The van der Waals surface area contributed by atoms with E-state index in [0.717, 1.165) is 12.0 Å². The summed E-state index contributed by atoms with van der Waals surface area (Å²) in [6.07, 6.45) is 0.131. The molecule has 2 aromatic rings. The Hall–Kier alpha value is -2.82. The van der Waals surface area contributed by atoms with Crippen LogP contribution in [0.3, 0.4) is 0 Å². The van der Waals surface area contributed by atoms with Crippen LogP contribution in [0.5, 0.6) is 5.75 Å². The standard InChI is InChI=1S/C21H26N2O3/c1-5-16-10-6-9-13-19(16)26-15(4)20(24)23-18-12-8-7-11-17(18)21(25)22-14(2)3/h6-15H,5H2,1-4H3,(H,22,25)(H,23,24)/t15-/m1/s1. The van der Waals surface area contributed by atoms with Crippen LogP contribution in [0.4, 0.5) is 5.69 Å². The van der Waals surface area contributed by atoms with Crippen molar-refractivity contribution in [2.45, 2.75) is 46.3 Å². The van der Waals surface area contributed by atoms with Gasteiger partial charge >= 0.3 is 0 Å². The topological polar surface area (TPSA) is 67.4 Å². The molecule has 5 nitrogen and oxygen atoms in total. The number of hydrogen-bond acceptors (Lipinski definition) is 3. The number of hydrogen-bond donors (Lipinski definition) is 2. The first-order valence-electron chi connectivity index (χ1n) is 8.87. The second-order valence-corrected chi connectivity index (χ2v) is 6.38. The predicted molar refractivity (Wildman–Crippen MR) is 104 cm³/mol. The second-order valence-electron chi connectivity index (χ2n) is 6.38. The molecule has 2 N–H and O–H groups in total. The lowest BCUT2D eigenvalue weighted by Crippen LogP contribution is -2.33. The van der Waals surface area contributed by atoms with Gasteiger partial charge in [0.15, 0.2) is 6.10 Å². The Morgan fingerprint density at radius 1 is 1.00 bits per heavy atom. The number of carbonyl (C=O) groups is 2. The van der Waals surface area contributed by atoms with Gasteiger partial charge in [0, 0.05) is 6.04 Å². The Morgan fingerprint density at radius 2 is 1.65 bits per heavy atom. The Bertz CT molecular complexity index is 771. The monoisotopic (exact) mass is 354 g/mol. The Kier molecular flexibility index (Phi) is 6.78. The van der Waals surface area contributed by atoms with Crippen LogP contribution in [0.2, 0.25) is 0 Å². The number of nitrogens with one attached hydrogen (secondary N) is 2. The van der Waals surface area contributed by atoms with Crippen molar-refractivity contribution in [3.05, 3.63) is 59.7 Å². The quantitative estimate of drug-likeness (QED) is 0.795. The van der Waals surface area contributed by atoms with E-state index in [1.807, 2.05) is 45.0 Å². The molecule has 0 radical (unpaired) electrons. The summed E-state index contributed by atoms with van der Waals surface area (Å²) in [4.78, 5) is 24.9. The fraction of sp³-hybridized carbons (Fsp3) is 0.333. The molecule has 0 aliphatic heterocycles. The molecule has 0 unspecified atom stereocenters. The number of para-hydroxylation sites is 2. The van der Waals surface area contributed by atoms with E-state index in [-0.39, 0.29) is 17.9 Å². The largest absolute Gasteiger partial charge is 0.481 e. The molecule has 0 aromatic heterocycles. The minimum atomic E-state index is -0.691. The molecule has 2 amide bonds. The number of amides is 2. The normalized spacial score (nSPS) is 11.7. The third kappa shape index (κ3) is 5.09. The molecule has 0 fully saturated rings. The number of ether oxygens (including phenoxy) is 1. The van der Waals surface area contributed by atoms with E-state index in [4.69, 9.17) is 4.74 Å². The molecule has 0 aliphatic rings. The van der Waals surface area contributed by atoms with Gasteiger partial charge in [0.05, 0.1) is 11.3 Å². The molecule has 0 aliphatic carbocycles. The van der Waals surface area contributed by atoms with Gasteiger partial charge in [-0.15, -0.1) is 0 Å². The molecule has 0 saturated carbocycles. The lowest BCUT2D eigenvalue weighted by molar-refractivity contribution is -0.122. The molecule has 0 spiro atoms. The highest BCUT2D eigenvalue weighted by molar-refractivity contribution is 6.04. The average molecular weight is 354 g/mol. The summed E-state index contributed by atoms with van der Waals surface area (Å²) in [5.41, 5.74) is 1.94. The third-order valence-corrected chi connectivity index (χ3v) is 3.88. The molecule has 26 heavy (non-hydrogen) atoms. The minimum Gasteiger partial charge on any atom is -0.481 e. The summed E-state index contributed by atoms with van der Waals surface area (Å²) >= 11 is 0. The maximum Gasteiger partial charge on any atom is 0.265 e. The Balaban J connectivity index is 2.11. The Labute approximate surface area is 154 Å². The van der Waals surface area contributed by atoms with Crippen LogP contribution in [0.15, 0.2) is 48.5 Å². The summed E-state index contributed by atoms with van der Waals surface area (Å²) in [6, 6.07) is 14.6. The van der Waals surface area contributed by atoms with Crippen LogP contribution < -0.4 is 15.4 Å². The summed E-state index contributed by atoms with van der Waals surface area (Å²) in [5.74, 6) is 0.171. The fourth-order valence-corrected chi connectivity index (χ4v) is 2.52. The molecule has 138 valence electrons. The van der Waals surface area contributed by atoms with E-state index in [1.165, 1.54) is 0 Å². The molecule has 0 saturated heterocycles. The van der Waals surface area contributed by atoms with Crippen molar-refractivity contribution in [1.29, 1.82) is 0 Å². The van der Waals surface area contributed by atoms with E-state index >= 15 is 0 Å². The van der Waals surface area contributed by atoms with Gasteiger partial charge < -0.3 is 15.4 Å². The van der Waals surface area contributed by atoms with Crippen LogP contribution in [-0.4, -0.2) is 24.0 Å². The molecular formula is C21H26N2O3. The highest BCUT2D eigenvalue weighted by Gasteiger charge is 2.19. The van der Waals surface area contributed by atoms with Gasteiger partial charge in [0.25, 0.3) is 11.8 Å². The zero-order valence-electron chi connectivity index (χ0n) is 15.7. The van der Waals surface area contributed by atoms with E-state index in [2.05, 4.69) is 10.6 Å².